The van der Waals surface area contributed by atoms with Gasteiger partial charge in [0, 0.05) is 0 Å². The van der Waals surface area contributed by atoms with Gasteiger partial charge in [-0.15, -0.1) is 3.89 Å². The van der Waals surface area contributed by atoms with E-state index in [2.05, 4.69) is 0 Å². The minimum Gasteiger partial charge on any atom is -0.195 e. The van der Waals surface area contributed by atoms with E-state index in [9.17, 15) is 12.3 Å². The molecule has 1 aliphatic rings. The summed E-state index contributed by atoms with van der Waals surface area (Å²) in [6, 6.07) is 7.79. The topological polar surface area (TPSA) is 34.1 Å². The van der Waals surface area contributed by atoms with Crippen LogP contribution in [-0.2, 0) is 16.6 Å². The molecule has 4 heteroatoms. The number of hydrogen-bond donors (Lipinski definition) is 0. The third-order valence-electron chi connectivity index (χ3n) is 2.63. The van der Waals surface area contributed by atoms with Gasteiger partial charge in [0.1, 0.15) is 0 Å². The summed E-state index contributed by atoms with van der Waals surface area (Å²) in [5.74, 6) is 0.230. The van der Waals surface area contributed by atoms with Crippen molar-refractivity contribution in [1.82, 2.24) is 0 Å². The van der Waals surface area contributed by atoms with E-state index < -0.39 is 16.0 Å². The van der Waals surface area contributed by atoms with Crippen molar-refractivity contribution in [2.75, 3.05) is 5.75 Å². The van der Waals surface area contributed by atoms with Crippen LogP contribution in [-0.4, -0.2) is 14.2 Å². The van der Waals surface area contributed by atoms with E-state index in [-0.39, 0.29) is 6.42 Å². The van der Waals surface area contributed by atoms with E-state index in [0.29, 0.717) is 5.92 Å². The second kappa shape index (κ2) is 3.93. The third kappa shape index (κ3) is 3.30. The Morgan fingerprint density at radius 2 is 2.07 bits per heavy atom. The Morgan fingerprint density at radius 1 is 1.33 bits per heavy atom. The summed E-state index contributed by atoms with van der Waals surface area (Å²) >= 11 is 0. The van der Waals surface area contributed by atoms with E-state index in [0.717, 1.165) is 5.56 Å². The molecule has 0 heterocycles. The molecule has 1 saturated carbocycles. The van der Waals surface area contributed by atoms with E-state index >= 15 is 0 Å². The van der Waals surface area contributed by atoms with Gasteiger partial charge in [0.25, 0.3) is 0 Å². The number of hydrogen-bond acceptors (Lipinski definition) is 2. The maximum atomic E-state index is 12.3. The standard InChI is InChI=1S/C11H13FO2S/c12-15(13,14)7-6-9-2-1-3-11(8-9)10-4-5-10/h1-3,8,10H,4-7H2. The molecule has 0 radical (unpaired) electrons. The van der Waals surface area contributed by atoms with Crippen LogP contribution in [0, 0.1) is 0 Å². The smallest absolute Gasteiger partial charge is 0.195 e. The lowest BCUT2D eigenvalue weighted by Crippen LogP contribution is -2.02. The van der Waals surface area contributed by atoms with Crippen LogP contribution >= 0.6 is 0 Å². The fourth-order valence-electron chi connectivity index (χ4n) is 1.66. The molecule has 0 N–H and O–H groups in total. The van der Waals surface area contributed by atoms with E-state index in [4.69, 9.17) is 0 Å². The zero-order valence-corrected chi connectivity index (χ0v) is 9.13. The first-order valence-corrected chi connectivity index (χ1v) is 6.61. The first-order valence-electron chi connectivity index (χ1n) is 5.06. The molecule has 2 nitrogen and oxygen atoms in total. The molecule has 1 aliphatic carbocycles. The van der Waals surface area contributed by atoms with Gasteiger partial charge in [0.2, 0.25) is 0 Å². The fraction of sp³-hybridized carbons (Fsp3) is 0.455. The van der Waals surface area contributed by atoms with Crippen molar-refractivity contribution >= 4 is 10.2 Å². The molecule has 0 saturated heterocycles. The van der Waals surface area contributed by atoms with Gasteiger partial charge < -0.3 is 0 Å². The van der Waals surface area contributed by atoms with Gasteiger partial charge in [-0.1, -0.05) is 24.3 Å². The molecule has 0 aromatic heterocycles. The number of rotatable bonds is 4. The summed E-state index contributed by atoms with van der Waals surface area (Å²) < 4.78 is 33.1. The van der Waals surface area contributed by atoms with Crippen LogP contribution in [0.4, 0.5) is 3.89 Å². The Bertz CT molecular complexity index is 449. The highest BCUT2D eigenvalue weighted by Crippen LogP contribution is 2.40. The van der Waals surface area contributed by atoms with Gasteiger partial charge in [-0.3, -0.25) is 0 Å². The van der Waals surface area contributed by atoms with Crippen LogP contribution in [0.1, 0.15) is 29.9 Å². The van der Waals surface area contributed by atoms with Gasteiger partial charge in [0.15, 0.2) is 0 Å². The normalized spacial score (nSPS) is 16.6. The Hall–Kier alpha value is -0.900. The van der Waals surface area contributed by atoms with Crippen LogP contribution < -0.4 is 0 Å². The summed E-state index contributed by atoms with van der Waals surface area (Å²) in [5.41, 5.74) is 2.16. The zero-order chi connectivity index (χ0) is 10.9. The molecule has 0 spiro atoms. The van der Waals surface area contributed by atoms with Gasteiger partial charge in [0.05, 0.1) is 5.75 Å². The first-order chi connectivity index (χ1) is 7.04. The molecule has 1 aromatic rings. The summed E-state index contributed by atoms with van der Waals surface area (Å²) in [6.07, 6.45) is 2.69. The van der Waals surface area contributed by atoms with Gasteiger partial charge in [-0.05, 0) is 36.3 Å². The van der Waals surface area contributed by atoms with Gasteiger partial charge in [-0.2, -0.15) is 8.42 Å². The average molecular weight is 228 g/mol. The molecule has 1 fully saturated rings. The van der Waals surface area contributed by atoms with Crippen LogP contribution in [0.5, 0.6) is 0 Å². The summed E-state index contributed by atoms with van der Waals surface area (Å²) in [6.45, 7) is 0. The number of benzene rings is 1. The van der Waals surface area contributed by atoms with Crippen molar-refractivity contribution in [2.45, 2.75) is 25.2 Å². The molecule has 82 valence electrons. The van der Waals surface area contributed by atoms with E-state index in [1.165, 1.54) is 18.4 Å². The van der Waals surface area contributed by atoms with Crippen molar-refractivity contribution < 1.29 is 12.3 Å². The summed E-state index contributed by atoms with van der Waals surface area (Å²) in [4.78, 5) is 0. The van der Waals surface area contributed by atoms with Gasteiger partial charge >= 0.3 is 10.2 Å². The molecular weight excluding hydrogens is 215 g/mol. The highest BCUT2D eigenvalue weighted by molar-refractivity contribution is 7.86. The van der Waals surface area contributed by atoms with Crippen LogP contribution in [0.25, 0.3) is 0 Å². The zero-order valence-electron chi connectivity index (χ0n) is 8.32. The van der Waals surface area contributed by atoms with Crippen molar-refractivity contribution in [3.63, 3.8) is 0 Å². The third-order valence-corrected chi connectivity index (χ3v) is 3.33. The molecule has 0 atom stereocenters. The predicted molar refractivity (Wildman–Crippen MR) is 57.0 cm³/mol. The highest BCUT2D eigenvalue weighted by atomic mass is 32.3. The minimum absolute atomic E-state index is 0.263. The molecule has 0 amide bonds. The van der Waals surface area contributed by atoms with E-state index in [1.807, 2.05) is 24.3 Å². The average Bonchev–Trinajstić information content (AvgIpc) is 2.97. The number of halogens is 1. The molecule has 0 aliphatic heterocycles. The van der Waals surface area contributed by atoms with Crippen molar-refractivity contribution in [3.8, 4) is 0 Å². The molecule has 0 bridgehead atoms. The largest absolute Gasteiger partial charge is 0.302 e. The van der Waals surface area contributed by atoms with Crippen LogP contribution in [0.3, 0.4) is 0 Å². The lowest BCUT2D eigenvalue weighted by atomic mass is 10.1. The molecule has 1 aromatic carbocycles. The van der Waals surface area contributed by atoms with Crippen LogP contribution in [0.2, 0.25) is 0 Å². The Balaban J connectivity index is 2.05. The lowest BCUT2D eigenvalue weighted by Gasteiger charge is -2.02. The maximum Gasteiger partial charge on any atom is 0.302 e. The highest BCUT2D eigenvalue weighted by Gasteiger charge is 2.23. The Labute approximate surface area is 89.3 Å². The molecule has 0 unspecified atom stereocenters. The SMILES string of the molecule is O=S(=O)(F)CCc1cccc(C2CC2)c1. The fourth-order valence-corrected chi connectivity index (χ4v) is 2.14. The maximum absolute atomic E-state index is 12.3. The second-order valence-corrected chi connectivity index (χ2v) is 5.50. The van der Waals surface area contributed by atoms with Gasteiger partial charge in [-0.25, -0.2) is 0 Å². The monoisotopic (exact) mass is 228 g/mol. The van der Waals surface area contributed by atoms with Crippen molar-refractivity contribution in [2.24, 2.45) is 0 Å². The molecular formula is C11H13FO2S. The quantitative estimate of drug-likeness (QED) is 0.742. The molecule has 15 heavy (non-hydrogen) atoms. The first kappa shape index (κ1) is 10.6. The molecule has 2 rings (SSSR count). The summed E-state index contributed by atoms with van der Waals surface area (Å²) in [5, 5.41) is 0. The van der Waals surface area contributed by atoms with Crippen LogP contribution in [0.15, 0.2) is 24.3 Å². The lowest BCUT2D eigenvalue weighted by molar-refractivity contribution is 0.551. The van der Waals surface area contributed by atoms with E-state index in [1.54, 1.807) is 0 Å². The minimum atomic E-state index is -4.34. The number of aryl methyl sites for hydroxylation is 1. The Morgan fingerprint density at radius 3 is 2.67 bits per heavy atom. The van der Waals surface area contributed by atoms with Crippen molar-refractivity contribution in [1.29, 1.82) is 0 Å². The predicted octanol–water partition coefficient (Wildman–Crippen LogP) is 2.41. The Kier molecular flexibility index (Phi) is 2.78. The van der Waals surface area contributed by atoms with Crippen molar-refractivity contribution in [3.05, 3.63) is 35.4 Å². The second-order valence-electron chi connectivity index (χ2n) is 4.01. The summed E-state index contributed by atoms with van der Waals surface area (Å²) in [7, 11) is -4.34.